The highest BCUT2D eigenvalue weighted by molar-refractivity contribution is 7.99. The van der Waals surface area contributed by atoms with E-state index in [1.807, 2.05) is 11.8 Å². The summed E-state index contributed by atoms with van der Waals surface area (Å²) in [6.07, 6.45) is 2.31. The monoisotopic (exact) mass is 267 g/mol. The van der Waals surface area contributed by atoms with Gasteiger partial charge in [-0.2, -0.15) is 11.8 Å². The van der Waals surface area contributed by atoms with Crippen molar-refractivity contribution in [1.29, 1.82) is 0 Å². The van der Waals surface area contributed by atoms with Gasteiger partial charge >= 0.3 is 12.0 Å². The third-order valence-corrected chi connectivity index (χ3v) is 3.67. The largest absolute Gasteiger partial charge is 0.477 e. The molecule has 0 saturated carbocycles. The van der Waals surface area contributed by atoms with Crippen molar-refractivity contribution < 1.29 is 14.7 Å². The molecule has 6 nitrogen and oxygen atoms in total. The van der Waals surface area contributed by atoms with Crippen molar-refractivity contribution in [2.75, 3.05) is 16.8 Å². The molecule has 0 spiro atoms. The Hall–Kier alpha value is -1.76. The molecule has 2 heterocycles. The Bertz CT molecular complexity index is 443. The molecule has 1 saturated heterocycles. The number of hydrogen-bond acceptors (Lipinski definition) is 4. The topological polar surface area (TPSA) is 91.3 Å². The number of anilines is 1. The summed E-state index contributed by atoms with van der Waals surface area (Å²) in [6.45, 7) is 0. The van der Waals surface area contributed by atoms with Crippen LogP contribution in [0.15, 0.2) is 18.3 Å². The van der Waals surface area contributed by atoms with Gasteiger partial charge in [-0.15, -0.1) is 0 Å². The van der Waals surface area contributed by atoms with Gasteiger partial charge in [0.1, 0.15) is 5.69 Å². The second kappa shape index (κ2) is 5.72. The Balaban J connectivity index is 1.88. The van der Waals surface area contributed by atoms with E-state index >= 15 is 0 Å². The SMILES string of the molecule is O=C(Nc1ccc(C(=O)O)nc1)NC1CCSC1. The van der Waals surface area contributed by atoms with Crippen LogP contribution >= 0.6 is 11.8 Å². The van der Waals surface area contributed by atoms with Gasteiger partial charge in [0.05, 0.1) is 11.9 Å². The molecular weight excluding hydrogens is 254 g/mol. The summed E-state index contributed by atoms with van der Waals surface area (Å²) in [7, 11) is 0. The molecule has 0 aliphatic carbocycles. The van der Waals surface area contributed by atoms with Crippen LogP contribution in [0.25, 0.3) is 0 Å². The number of pyridine rings is 1. The Labute approximate surface area is 108 Å². The quantitative estimate of drug-likeness (QED) is 0.770. The maximum absolute atomic E-state index is 11.6. The van der Waals surface area contributed by atoms with E-state index in [9.17, 15) is 9.59 Å². The lowest BCUT2D eigenvalue weighted by Gasteiger charge is -2.12. The third-order valence-electron chi connectivity index (χ3n) is 2.51. The zero-order chi connectivity index (χ0) is 13.0. The lowest BCUT2D eigenvalue weighted by molar-refractivity contribution is 0.0690. The van der Waals surface area contributed by atoms with Crippen molar-refractivity contribution in [3.8, 4) is 0 Å². The second-order valence-electron chi connectivity index (χ2n) is 3.90. The molecule has 2 amide bonds. The van der Waals surface area contributed by atoms with E-state index < -0.39 is 5.97 Å². The van der Waals surface area contributed by atoms with E-state index in [2.05, 4.69) is 15.6 Å². The predicted octanol–water partition coefficient (Wildman–Crippen LogP) is 1.41. The van der Waals surface area contributed by atoms with Crippen molar-refractivity contribution in [1.82, 2.24) is 10.3 Å². The smallest absolute Gasteiger partial charge is 0.354 e. The van der Waals surface area contributed by atoms with E-state index in [0.717, 1.165) is 17.9 Å². The average Bonchev–Trinajstić information content (AvgIpc) is 2.82. The van der Waals surface area contributed by atoms with Crippen LogP contribution in [0.2, 0.25) is 0 Å². The van der Waals surface area contributed by atoms with Crippen LogP contribution in [-0.2, 0) is 0 Å². The minimum atomic E-state index is -1.09. The normalized spacial score (nSPS) is 18.3. The van der Waals surface area contributed by atoms with Gasteiger partial charge in [-0.25, -0.2) is 14.6 Å². The van der Waals surface area contributed by atoms with Gasteiger partial charge in [-0.05, 0) is 24.3 Å². The minimum absolute atomic E-state index is 0.0480. The molecule has 0 aromatic carbocycles. The van der Waals surface area contributed by atoms with Crippen molar-refractivity contribution in [3.05, 3.63) is 24.0 Å². The molecule has 1 fully saturated rings. The fraction of sp³-hybridized carbons (Fsp3) is 0.364. The Kier molecular flexibility index (Phi) is 4.03. The first kappa shape index (κ1) is 12.7. The second-order valence-corrected chi connectivity index (χ2v) is 5.05. The standard InChI is InChI=1S/C11H13N3O3S/c15-10(16)9-2-1-7(5-12-9)13-11(17)14-8-3-4-18-6-8/h1-2,5,8H,3-4,6H2,(H,15,16)(H2,13,14,17). The maximum Gasteiger partial charge on any atom is 0.354 e. The number of rotatable bonds is 3. The molecule has 0 radical (unpaired) electrons. The lowest BCUT2D eigenvalue weighted by atomic mass is 10.3. The number of amides is 2. The number of carbonyl (C=O) groups excluding carboxylic acids is 1. The number of aromatic nitrogens is 1. The fourth-order valence-electron chi connectivity index (χ4n) is 1.60. The van der Waals surface area contributed by atoms with Gasteiger partial charge in [-0.3, -0.25) is 0 Å². The number of carbonyl (C=O) groups is 2. The highest BCUT2D eigenvalue weighted by atomic mass is 32.2. The van der Waals surface area contributed by atoms with Crippen molar-refractivity contribution in [2.24, 2.45) is 0 Å². The molecule has 1 atom stereocenters. The third kappa shape index (κ3) is 3.36. The summed E-state index contributed by atoms with van der Waals surface area (Å²) in [5.41, 5.74) is 0.427. The molecule has 1 aliphatic heterocycles. The summed E-state index contributed by atoms with van der Waals surface area (Å²) in [6, 6.07) is 2.79. The maximum atomic E-state index is 11.6. The Morgan fingerprint density at radius 1 is 1.44 bits per heavy atom. The summed E-state index contributed by atoms with van der Waals surface area (Å²) < 4.78 is 0. The summed E-state index contributed by atoms with van der Waals surface area (Å²) >= 11 is 1.82. The molecule has 7 heteroatoms. The molecule has 18 heavy (non-hydrogen) atoms. The molecular formula is C11H13N3O3S. The number of hydrogen-bond donors (Lipinski definition) is 3. The number of carboxylic acids is 1. The summed E-state index contributed by atoms with van der Waals surface area (Å²) in [4.78, 5) is 25.9. The zero-order valence-electron chi connectivity index (χ0n) is 9.55. The van der Waals surface area contributed by atoms with Crippen molar-refractivity contribution in [3.63, 3.8) is 0 Å². The van der Waals surface area contributed by atoms with Crippen LogP contribution < -0.4 is 10.6 Å². The van der Waals surface area contributed by atoms with Gasteiger partial charge < -0.3 is 15.7 Å². The van der Waals surface area contributed by atoms with Crippen LogP contribution in [0.4, 0.5) is 10.5 Å². The zero-order valence-corrected chi connectivity index (χ0v) is 10.4. The first-order chi connectivity index (χ1) is 8.65. The minimum Gasteiger partial charge on any atom is -0.477 e. The van der Waals surface area contributed by atoms with Crippen LogP contribution in [0.5, 0.6) is 0 Å². The first-order valence-corrected chi connectivity index (χ1v) is 6.65. The number of aromatic carboxylic acids is 1. The fourth-order valence-corrected chi connectivity index (χ4v) is 2.75. The molecule has 1 unspecified atom stereocenters. The van der Waals surface area contributed by atoms with E-state index in [-0.39, 0.29) is 17.8 Å². The highest BCUT2D eigenvalue weighted by Crippen LogP contribution is 2.17. The number of nitrogens with zero attached hydrogens (tertiary/aromatic N) is 1. The first-order valence-electron chi connectivity index (χ1n) is 5.50. The van der Waals surface area contributed by atoms with Crippen molar-refractivity contribution in [2.45, 2.75) is 12.5 Å². The van der Waals surface area contributed by atoms with Crippen LogP contribution in [-0.4, -0.2) is 39.6 Å². The molecule has 3 N–H and O–H groups in total. The van der Waals surface area contributed by atoms with Crippen molar-refractivity contribution >= 4 is 29.4 Å². The predicted molar refractivity (Wildman–Crippen MR) is 69.1 cm³/mol. The highest BCUT2D eigenvalue weighted by Gasteiger charge is 2.17. The summed E-state index contributed by atoms with van der Waals surface area (Å²) in [5.74, 6) is 0.914. The van der Waals surface area contributed by atoms with Gasteiger partial charge in [0, 0.05) is 11.8 Å². The molecule has 96 valence electrons. The number of carboxylic acid groups (broad SMARTS) is 1. The molecule has 1 aromatic heterocycles. The van der Waals surface area contributed by atoms with Crippen LogP contribution in [0, 0.1) is 0 Å². The van der Waals surface area contributed by atoms with E-state index in [1.165, 1.54) is 18.3 Å². The molecule has 1 aromatic rings. The van der Waals surface area contributed by atoms with Gasteiger partial charge in [0.2, 0.25) is 0 Å². The Morgan fingerprint density at radius 2 is 2.28 bits per heavy atom. The number of nitrogens with one attached hydrogen (secondary N) is 2. The number of urea groups is 1. The number of thioether (sulfide) groups is 1. The molecule has 0 bridgehead atoms. The van der Waals surface area contributed by atoms with Gasteiger partial charge in [0.25, 0.3) is 0 Å². The summed E-state index contributed by atoms with van der Waals surface area (Å²) in [5, 5.41) is 14.2. The Morgan fingerprint density at radius 3 is 2.83 bits per heavy atom. The van der Waals surface area contributed by atoms with Gasteiger partial charge in [0.15, 0.2) is 0 Å². The van der Waals surface area contributed by atoms with E-state index in [4.69, 9.17) is 5.11 Å². The molecule has 1 aliphatic rings. The van der Waals surface area contributed by atoms with Gasteiger partial charge in [-0.1, -0.05) is 0 Å². The average molecular weight is 267 g/mol. The van der Waals surface area contributed by atoms with Crippen LogP contribution in [0.3, 0.4) is 0 Å². The van der Waals surface area contributed by atoms with E-state index in [1.54, 1.807) is 0 Å². The van der Waals surface area contributed by atoms with E-state index in [0.29, 0.717) is 5.69 Å². The molecule has 2 rings (SSSR count). The lowest BCUT2D eigenvalue weighted by Crippen LogP contribution is -2.37. The van der Waals surface area contributed by atoms with Crippen LogP contribution in [0.1, 0.15) is 16.9 Å².